The van der Waals surface area contributed by atoms with Gasteiger partial charge in [0.15, 0.2) is 0 Å². The van der Waals surface area contributed by atoms with Crippen LogP contribution in [0.25, 0.3) is 0 Å². The molecule has 18 heavy (non-hydrogen) atoms. The van der Waals surface area contributed by atoms with Crippen LogP contribution in [0.15, 0.2) is 23.1 Å². The smallest absolute Gasteiger partial charge is 0.238 e. The Morgan fingerprint density at radius 3 is 2.50 bits per heavy atom. The Balaban J connectivity index is 2.90. The van der Waals surface area contributed by atoms with Crippen molar-refractivity contribution in [2.75, 3.05) is 5.32 Å². The van der Waals surface area contributed by atoms with Crippen LogP contribution in [0, 0.1) is 5.92 Å². The van der Waals surface area contributed by atoms with Crippen molar-refractivity contribution >= 4 is 33.2 Å². The predicted octanol–water partition coefficient (Wildman–Crippen LogP) is 1.97. The fourth-order valence-electron chi connectivity index (χ4n) is 1.35. The summed E-state index contributed by atoms with van der Waals surface area (Å²) in [4.78, 5) is 11.5. The van der Waals surface area contributed by atoms with Gasteiger partial charge in [-0.1, -0.05) is 25.4 Å². The van der Waals surface area contributed by atoms with Gasteiger partial charge in [0.25, 0.3) is 0 Å². The highest BCUT2D eigenvalue weighted by Crippen LogP contribution is 2.25. The molecule has 0 heterocycles. The molecule has 3 N–H and O–H groups in total. The van der Waals surface area contributed by atoms with Crippen LogP contribution in [0.5, 0.6) is 0 Å². The van der Waals surface area contributed by atoms with Gasteiger partial charge in [0.05, 0.1) is 15.6 Å². The molecule has 5 nitrogen and oxygen atoms in total. The van der Waals surface area contributed by atoms with Crippen LogP contribution in [0.4, 0.5) is 5.69 Å². The van der Waals surface area contributed by atoms with Crippen molar-refractivity contribution in [3.8, 4) is 0 Å². The summed E-state index contributed by atoms with van der Waals surface area (Å²) in [5.74, 6) is 0.0581. The molecule has 0 atom stereocenters. The standard InChI is InChI=1S/C11H15ClN2O3S/c1-7(2)5-11(15)14-10-4-3-8(6-9(10)12)18(13,16)17/h3-4,6-7H,5H2,1-2H3,(H,14,15)(H2,13,16,17). The number of amides is 1. The average Bonchev–Trinajstić information content (AvgIpc) is 2.18. The normalized spacial score (nSPS) is 11.6. The molecule has 0 bridgehead atoms. The number of carbonyl (C=O) groups is 1. The Labute approximate surface area is 111 Å². The highest BCUT2D eigenvalue weighted by Gasteiger charge is 2.12. The van der Waals surface area contributed by atoms with E-state index in [4.69, 9.17) is 16.7 Å². The average molecular weight is 291 g/mol. The quantitative estimate of drug-likeness (QED) is 0.888. The number of sulfonamides is 1. The van der Waals surface area contributed by atoms with Crippen LogP contribution in [0.2, 0.25) is 5.02 Å². The third-order valence-corrected chi connectivity index (χ3v) is 3.36. The van der Waals surface area contributed by atoms with Crippen molar-refractivity contribution in [2.45, 2.75) is 25.2 Å². The zero-order chi connectivity index (χ0) is 13.9. The molecule has 7 heteroatoms. The summed E-state index contributed by atoms with van der Waals surface area (Å²) in [6.07, 6.45) is 0.368. The van der Waals surface area contributed by atoms with E-state index in [2.05, 4.69) is 5.32 Å². The number of carbonyl (C=O) groups excluding carboxylic acids is 1. The van der Waals surface area contributed by atoms with Crippen molar-refractivity contribution in [3.63, 3.8) is 0 Å². The Bertz CT molecular complexity index is 555. The Hall–Kier alpha value is -1.11. The van der Waals surface area contributed by atoms with E-state index in [0.717, 1.165) is 0 Å². The lowest BCUT2D eigenvalue weighted by molar-refractivity contribution is -0.116. The van der Waals surface area contributed by atoms with Crippen LogP contribution >= 0.6 is 11.6 Å². The molecule has 0 saturated heterocycles. The first-order valence-corrected chi connectivity index (χ1v) is 7.25. The summed E-state index contributed by atoms with van der Waals surface area (Å²) in [5.41, 5.74) is 0.370. The lowest BCUT2D eigenvalue weighted by atomic mass is 10.1. The van der Waals surface area contributed by atoms with Crippen LogP contribution in [-0.2, 0) is 14.8 Å². The van der Waals surface area contributed by atoms with Gasteiger partial charge in [0, 0.05) is 6.42 Å². The highest BCUT2D eigenvalue weighted by molar-refractivity contribution is 7.89. The van der Waals surface area contributed by atoms with Crippen molar-refractivity contribution in [1.82, 2.24) is 0 Å². The van der Waals surface area contributed by atoms with E-state index in [0.29, 0.717) is 12.1 Å². The monoisotopic (exact) mass is 290 g/mol. The van der Waals surface area contributed by atoms with Gasteiger partial charge in [0.2, 0.25) is 15.9 Å². The van der Waals surface area contributed by atoms with Gasteiger partial charge in [-0.15, -0.1) is 0 Å². The van der Waals surface area contributed by atoms with Crippen molar-refractivity contribution in [3.05, 3.63) is 23.2 Å². The van der Waals surface area contributed by atoms with Gasteiger partial charge >= 0.3 is 0 Å². The highest BCUT2D eigenvalue weighted by atomic mass is 35.5. The van der Waals surface area contributed by atoms with Crippen LogP contribution in [0.3, 0.4) is 0 Å². The Kier molecular flexibility index (Phi) is 4.72. The molecule has 0 spiro atoms. The number of hydrogen-bond acceptors (Lipinski definition) is 3. The second-order valence-corrected chi connectivity index (χ2v) is 6.30. The molecule has 0 aliphatic carbocycles. The van der Waals surface area contributed by atoms with Gasteiger partial charge in [0.1, 0.15) is 0 Å². The first kappa shape index (κ1) is 14.9. The minimum atomic E-state index is -3.79. The van der Waals surface area contributed by atoms with Crippen LogP contribution in [-0.4, -0.2) is 14.3 Å². The maximum absolute atomic E-state index is 11.5. The summed E-state index contributed by atoms with van der Waals surface area (Å²) in [6.45, 7) is 3.84. The number of rotatable bonds is 4. The molecule has 0 fully saturated rings. The number of hydrogen-bond donors (Lipinski definition) is 2. The largest absolute Gasteiger partial charge is 0.325 e. The molecule has 1 aromatic carbocycles. The molecule has 0 radical (unpaired) electrons. The van der Waals surface area contributed by atoms with Gasteiger partial charge < -0.3 is 5.32 Å². The van der Waals surface area contributed by atoms with E-state index in [9.17, 15) is 13.2 Å². The molecular weight excluding hydrogens is 276 g/mol. The summed E-state index contributed by atoms with van der Waals surface area (Å²) < 4.78 is 22.2. The molecule has 0 aromatic heterocycles. The minimum Gasteiger partial charge on any atom is -0.325 e. The number of anilines is 1. The third kappa shape index (κ3) is 4.29. The van der Waals surface area contributed by atoms with Gasteiger partial charge in [-0.3, -0.25) is 4.79 Å². The second-order valence-electron chi connectivity index (χ2n) is 4.33. The van der Waals surface area contributed by atoms with Crippen LogP contribution < -0.4 is 10.5 Å². The summed E-state index contributed by atoms with van der Waals surface area (Å²) in [5, 5.41) is 7.72. The minimum absolute atomic E-state index is 0.0886. The first-order valence-electron chi connectivity index (χ1n) is 5.32. The van der Waals surface area contributed by atoms with E-state index in [1.54, 1.807) is 0 Å². The molecule has 1 rings (SSSR count). The number of halogens is 1. The van der Waals surface area contributed by atoms with E-state index in [-0.39, 0.29) is 21.7 Å². The number of primary sulfonamides is 1. The van der Waals surface area contributed by atoms with Crippen molar-refractivity contribution in [2.24, 2.45) is 11.1 Å². The fraction of sp³-hybridized carbons (Fsp3) is 0.364. The van der Waals surface area contributed by atoms with Crippen LogP contribution in [0.1, 0.15) is 20.3 Å². The van der Waals surface area contributed by atoms with Gasteiger partial charge in [-0.25, -0.2) is 13.6 Å². The maximum Gasteiger partial charge on any atom is 0.238 e. The maximum atomic E-state index is 11.5. The zero-order valence-corrected chi connectivity index (χ0v) is 11.7. The molecule has 0 saturated carbocycles. The first-order chi connectivity index (χ1) is 8.20. The lowest BCUT2D eigenvalue weighted by Gasteiger charge is -2.09. The van der Waals surface area contributed by atoms with E-state index in [1.165, 1.54) is 18.2 Å². The molecular formula is C11H15ClN2O3S. The van der Waals surface area contributed by atoms with Crippen molar-refractivity contribution in [1.29, 1.82) is 0 Å². The fourth-order valence-corrected chi connectivity index (χ4v) is 2.18. The topological polar surface area (TPSA) is 89.3 Å². The molecule has 1 aromatic rings. The van der Waals surface area contributed by atoms with Gasteiger partial charge in [-0.05, 0) is 24.1 Å². The predicted molar refractivity (Wildman–Crippen MR) is 70.9 cm³/mol. The number of benzene rings is 1. The van der Waals surface area contributed by atoms with E-state index >= 15 is 0 Å². The molecule has 0 unspecified atom stereocenters. The Morgan fingerprint density at radius 2 is 2.06 bits per heavy atom. The number of nitrogens with two attached hydrogens (primary N) is 1. The van der Waals surface area contributed by atoms with Crippen molar-refractivity contribution < 1.29 is 13.2 Å². The number of nitrogens with one attached hydrogen (secondary N) is 1. The molecule has 1 amide bonds. The van der Waals surface area contributed by atoms with E-state index < -0.39 is 10.0 Å². The summed E-state index contributed by atoms with van der Waals surface area (Å²) in [6, 6.07) is 3.92. The van der Waals surface area contributed by atoms with Gasteiger partial charge in [-0.2, -0.15) is 0 Å². The summed E-state index contributed by atoms with van der Waals surface area (Å²) >= 11 is 5.88. The lowest BCUT2D eigenvalue weighted by Crippen LogP contribution is -2.15. The third-order valence-electron chi connectivity index (χ3n) is 2.14. The zero-order valence-electron chi connectivity index (χ0n) is 10.1. The summed E-state index contributed by atoms with van der Waals surface area (Å²) in [7, 11) is -3.79. The molecule has 0 aliphatic heterocycles. The molecule has 0 aliphatic rings. The molecule has 100 valence electrons. The SMILES string of the molecule is CC(C)CC(=O)Nc1ccc(S(N)(=O)=O)cc1Cl. The Morgan fingerprint density at radius 1 is 1.44 bits per heavy atom. The van der Waals surface area contributed by atoms with E-state index in [1.807, 2.05) is 13.8 Å². The second kappa shape index (κ2) is 5.69.